The Morgan fingerprint density at radius 2 is 1.58 bits per heavy atom. The zero-order valence-corrected chi connectivity index (χ0v) is 20.8. The van der Waals surface area contributed by atoms with Crippen molar-refractivity contribution in [1.29, 1.82) is 0 Å². The second kappa shape index (κ2) is 11.2. The number of carbonyl (C=O) groups excluding carboxylic acids is 1. The Hall–Kier alpha value is -1.64. The summed E-state index contributed by atoms with van der Waals surface area (Å²) in [5.41, 5.74) is 0. The Labute approximate surface area is 199 Å². The number of methoxy groups -OCH3 is 1. The van der Waals surface area contributed by atoms with Crippen LogP contribution in [-0.2, 0) is 14.8 Å². The van der Waals surface area contributed by atoms with Gasteiger partial charge in [-0.1, -0.05) is 19.3 Å². The lowest BCUT2D eigenvalue weighted by molar-refractivity contribution is -0.136. The minimum Gasteiger partial charge on any atom is -0.497 e. The van der Waals surface area contributed by atoms with Crippen molar-refractivity contribution in [2.24, 2.45) is 11.8 Å². The predicted octanol–water partition coefficient (Wildman–Crippen LogP) is 3.21. The summed E-state index contributed by atoms with van der Waals surface area (Å²) in [6, 6.07) is 6.50. The molecule has 7 nitrogen and oxygen atoms in total. The zero-order chi connectivity index (χ0) is 23.3. The lowest BCUT2D eigenvalue weighted by Crippen LogP contribution is -2.45. The fraction of sp³-hybridized carbons (Fsp3) is 0.720. The first-order valence-electron chi connectivity index (χ1n) is 12.6. The van der Waals surface area contributed by atoms with E-state index in [1.54, 1.807) is 31.4 Å². The van der Waals surface area contributed by atoms with Gasteiger partial charge in [0, 0.05) is 45.2 Å². The molecule has 1 aliphatic carbocycles. The summed E-state index contributed by atoms with van der Waals surface area (Å²) in [6.45, 7) is 5.65. The van der Waals surface area contributed by atoms with E-state index >= 15 is 0 Å². The lowest BCUT2D eigenvalue weighted by atomic mass is 9.89. The van der Waals surface area contributed by atoms with Crippen LogP contribution in [0.3, 0.4) is 0 Å². The summed E-state index contributed by atoms with van der Waals surface area (Å²) >= 11 is 0. The minimum atomic E-state index is -3.54. The van der Waals surface area contributed by atoms with Crippen molar-refractivity contribution in [2.45, 2.75) is 56.3 Å². The molecule has 1 saturated carbocycles. The predicted molar refractivity (Wildman–Crippen MR) is 129 cm³/mol. The van der Waals surface area contributed by atoms with Gasteiger partial charge < -0.3 is 14.5 Å². The molecule has 2 aliphatic heterocycles. The van der Waals surface area contributed by atoms with Gasteiger partial charge in [-0.05, 0) is 68.8 Å². The van der Waals surface area contributed by atoms with Crippen LogP contribution in [0.25, 0.3) is 0 Å². The second-order valence-electron chi connectivity index (χ2n) is 9.84. The van der Waals surface area contributed by atoms with Gasteiger partial charge in [0.15, 0.2) is 0 Å². The Kier molecular flexibility index (Phi) is 8.30. The highest BCUT2D eigenvalue weighted by Crippen LogP contribution is 2.27. The van der Waals surface area contributed by atoms with Crippen molar-refractivity contribution >= 4 is 15.9 Å². The standard InChI is InChI=1S/C25H39N3O4S/c1-32-23-8-10-24(11-9-23)33(30,31)28-16-12-22(13-17-28)25(29)27-15-5-14-26(18-19-27)20-21-6-3-2-4-7-21/h8-11,21-22H,2-7,12-20H2,1H3. The molecule has 3 fully saturated rings. The third-order valence-electron chi connectivity index (χ3n) is 7.64. The molecule has 2 saturated heterocycles. The number of hydrogen-bond acceptors (Lipinski definition) is 5. The fourth-order valence-electron chi connectivity index (χ4n) is 5.61. The van der Waals surface area contributed by atoms with Gasteiger partial charge in [-0.15, -0.1) is 0 Å². The molecule has 8 heteroatoms. The molecule has 0 radical (unpaired) electrons. The number of ether oxygens (including phenoxy) is 1. The first kappa shape index (κ1) is 24.5. The van der Waals surface area contributed by atoms with Crippen molar-refractivity contribution in [1.82, 2.24) is 14.1 Å². The van der Waals surface area contributed by atoms with Crippen LogP contribution in [0.5, 0.6) is 5.75 Å². The van der Waals surface area contributed by atoms with Gasteiger partial charge in [0.2, 0.25) is 15.9 Å². The second-order valence-corrected chi connectivity index (χ2v) is 11.8. The van der Waals surface area contributed by atoms with Crippen LogP contribution in [0.2, 0.25) is 0 Å². The molecule has 4 rings (SSSR count). The molecular formula is C25H39N3O4S. The van der Waals surface area contributed by atoms with E-state index in [1.165, 1.54) is 43.0 Å². The summed E-state index contributed by atoms with van der Waals surface area (Å²) < 4.78 is 32.6. The molecule has 0 bridgehead atoms. The Bertz CT molecular complexity index is 875. The quantitative estimate of drug-likeness (QED) is 0.629. The van der Waals surface area contributed by atoms with Crippen LogP contribution >= 0.6 is 0 Å². The molecule has 0 N–H and O–H groups in total. The number of nitrogens with zero attached hydrogens (tertiary/aromatic N) is 3. The normalized spacial score (nSPS) is 22.8. The van der Waals surface area contributed by atoms with Crippen molar-refractivity contribution in [2.75, 3.05) is 52.9 Å². The maximum atomic E-state index is 13.2. The molecule has 0 atom stereocenters. The van der Waals surface area contributed by atoms with Crippen LogP contribution in [-0.4, -0.2) is 81.4 Å². The Morgan fingerprint density at radius 1 is 0.879 bits per heavy atom. The summed E-state index contributed by atoms with van der Waals surface area (Å²) in [5, 5.41) is 0. The molecule has 1 amide bonds. The van der Waals surface area contributed by atoms with Crippen LogP contribution in [0.15, 0.2) is 29.2 Å². The number of amides is 1. The van der Waals surface area contributed by atoms with Gasteiger partial charge in [0.05, 0.1) is 12.0 Å². The molecule has 0 spiro atoms. The number of benzene rings is 1. The zero-order valence-electron chi connectivity index (χ0n) is 20.0. The smallest absolute Gasteiger partial charge is 0.243 e. The minimum absolute atomic E-state index is 0.0720. The molecule has 1 aromatic rings. The molecular weight excluding hydrogens is 438 g/mol. The van der Waals surface area contributed by atoms with Crippen LogP contribution in [0.1, 0.15) is 51.4 Å². The highest BCUT2D eigenvalue weighted by Gasteiger charge is 2.34. The topological polar surface area (TPSA) is 70.2 Å². The monoisotopic (exact) mass is 477 g/mol. The van der Waals surface area contributed by atoms with Gasteiger partial charge in [-0.3, -0.25) is 4.79 Å². The third kappa shape index (κ3) is 6.08. The maximum absolute atomic E-state index is 13.2. The van der Waals surface area contributed by atoms with Crippen molar-refractivity contribution in [3.8, 4) is 5.75 Å². The molecule has 0 unspecified atom stereocenters. The van der Waals surface area contributed by atoms with E-state index in [4.69, 9.17) is 4.74 Å². The van der Waals surface area contributed by atoms with Gasteiger partial charge in [0.1, 0.15) is 5.75 Å². The van der Waals surface area contributed by atoms with Crippen LogP contribution in [0, 0.1) is 11.8 Å². The summed E-state index contributed by atoms with van der Waals surface area (Å²) in [7, 11) is -1.98. The van der Waals surface area contributed by atoms with Crippen LogP contribution in [0.4, 0.5) is 0 Å². The molecule has 1 aromatic carbocycles. The molecule has 184 valence electrons. The SMILES string of the molecule is COc1ccc(S(=O)(=O)N2CCC(C(=O)N3CCCN(CC4CCCCC4)CC3)CC2)cc1. The highest BCUT2D eigenvalue weighted by molar-refractivity contribution is 7.89. The molecule has 2 heterocycles. The van der Waals surface area contributed by atoms with E-state index in [0.29, 0.717) is 31.7 Å². The van der Waals surface area contributed by atoms with Crippen molar-refractivity contribution in [3.63, 3.8) is 0 Å². The largest absolute Gasteiger partial charge is 0.497 e. The third-order valence-corrected chi connectivity index (χ3v) is 9.55. The number of piperidine rings is 1. The first-order chi connectivity index (χ1) is 16.0. The Balaban J connectivity index is 1.27. The molecule has 33 heavy (non-hydrogen) atoms. The average molecular weight is 478 g/mol. The van der Waals surface area contributed by atoms with Crippen molar-refractivity contribution < 1.29 is 17.9 Å². The summed E-state index contributed by atoms with van der Waals surface area (Å²) in [4.78, 5) is 18.1. The van der Waals surface area contributed by atoms with Crippen LogP contribution < -0.4 is 4.74 Å². The lowest BCUT2D eigenvalue weighted by Gasteiger charge is -2.33. The van der Waals surface area contributed by atoms with Gasteiger partial charge in [-0.2, -0.15) is 4.31 Å². The van der Waals surface area contributed by atoms with E-state index < -0.39 is 10.0 Å². The summed E-state index contributed by atoms with van der Waals surface area (Å²) in [6.07, 6.45) is 9.06. The summed E-state index contributed by atoms with van der Waals surface area (Å²) in [5.74, 6) is 1.61. The molecule has 0 aromatic heterocycles. The van der Waals surface area contributed by atoms with E-state index in [2.05, 4.69) is 4.90 Å². The van der Waals surface area contributed by atoms with Gasteiger partial charge in [-0.25, -0.2) is 8.42 Å². The number of carbonyl (C=O) groups is 1. The number of rotatable bonds is 6. The Morgan fingerprint density at radius 3 is 2.24 bits per heavy atom. The first-order valence-corrected chi connectivity index (χ1v) is 14.1. The van der Waals surface area contributed by atoms with E-state index in [1.807, 2.05) is 4.90 Å². The average Bonchev–Trinajstić information content (AvgIpc) is 3.10. The highest BCUT2D eigenvalue weighted by atomic mass is 32.2. The van der Waals surface area contributed by atoms with Gasteiger partial charge >= 0.3 is 0 Å². The van der Waals surface area contributed by atoms with E-state index in [0.717, 1.165) is 38.5 Å². The van der Waals surface area contributed by atoms with Gasteiger partial charge in [0.25, 0.3) is 0 Å². The number of hydrogen-bond donors (Lipinski definition) is 0. The molecule has 3 aliphatic rings. The fourth-order valence-corrected chi connectivity index (χ4v) is 7.08. The van der Waals surface area contributed by atoms with E-state index in [9.17, 15) is 13.2 Å². The number of sulfonamides is 1. The van der Waals surface area contributed by atoms with E-state index in [-0.39, 0.29) is 16.7 Å². The van der Waals surface area contributed by atoms with Crippen molar-refractivity contribution in [3.05, 3.63) is 24.3 Å². The maximum Gasteiger partial charge on any atom is 0.243 e.